The molecule has 1 rings (SSSR count). The van der Waals surface area contributed by atoms with Crippen LogP contribution in [0.15, 0.2) is 5.11 Å². The molecule has 12 heavy (non-hydrogen) atoms. The van der Waals surface area contributed by atoms with Crippen molar-refractivity contribution >= 4 is 0 Å². The van der Waals surface area contributed by atoms with Gasteiger partial charge in [0.2, 0.25) is 0 Å². The molecule has 1 saturated carbocycles. The van der Waals surface area contributed by atoms with Gasteiger partial charge in [0.15, 0.2) is 0 Å². The Morgan fingerprint density at radius 2 is 1.92 bits per heavy atom. The van der Waals surface area contributed by atoms with Gasteiger partial charge in [0.25, 0.3) is 0 Å². The first-order valence-corrected chi connectivity index (χ1v) is 4.69. The zero-order valence-corrected chi connectivity index (χ0v) is 8.07. The Hall–Kier alpha value is -0.690. The van der Waals surface area contributed by atoms with Crippen molar-refractivity contribution in [2.24, 2.45) is 22.9 Å². The van der Waals surface area contributed by atoms with Crippen LogP contribution >= 0.6 is 0 Å². The van der Waals surface area contributed by atoms with Crippen molar-refractivity contribution in [3.05, 3.63) is 10.4 Å². The van der Waals surface area contributed by atoms with Gasteiger partial charge in [0.05, 0.1) is 0 Å². The average molecular weight is 167 g/mol. The van der Waals surface area contributed by atoms with Gasteiger partial charge in [0.1, 0.15) is 0 Å². The van der Waals surface area contributed by atoms with Gasteiger partial charge in [-0.3, -0.25) is 0 Å². The Kier molecular flexibility index (Phi) is 2.99. The molecule has 3 heteroatoms. The monoisotopic (exact) mass is 167 g/mol. The normalized spacial score (nSPS) is 41.9. The minimum atomic E-state index is 0.230. The number of rotatable bonds is 1. The van der Waals surface area contributed by atoms with Crippen LogP contribution in [0.4, 0.5) is 0 Å². The maximum absolute atomic E-state index is 8.37. The minimum absolute atomic E-state index is 0.230. The number of hydrogen-bond acceptors (Lipinski definition) is 1. The third-order valence-corrected chi connectivity index (χ3v) is 3.12. The van der Waals surface area contributed by atoms with Gasteiger partial charge in [-0.05, 0) is 36.1 Å². The van der Waals surface area contributed by atoms with E-state index >= 15 is 0 Å². The van der Waals surface area contributed by atoms with E-state index in [9.17, 15) is 0 Å². The maximum atomic E-state index is 8.37. The molecule has 0 aromatic carbocycles. The molecule has 0 spiro atoms. The lowest BCUT2D eigenvalue weighted by Gasteiger charge is -2.35. The summed E-state index contributed by atoms with van der Waals surface area (Å²) < 4.78 is 0. The highest BCUT2D eigenvalue weighted by Gasteiger charge is 2.29. The quantitative estimate of drug-likeness (QED) is 0.326. The smallest absolute Gasteiger partial charge is 0.0404 e. The predicted octanol–water partition coefficient (Wildman–Crippen LogP) is 3.37. The molecule has 0 heterocycles. The van der Waals surface area contributed by atoms with E-state index in [0.717, 1.165) is 6.42 Å². The lowest BCUT2D eigenvalue weighted by molar-refractivity contribution is 0.189. The van der Waals surface area contributed by atoms with E-state index in [-0.39, 0.29) is 6.04 Å². The van der Waals surface area contributed by atoms with Crippen LogP contribution in [0.5, 0.6) is 0 Å². The third kappa shape index (κ3) is 1.92. The molecule has 0 aliphatic heterocycles. The highest BCUT2D eigenvalue weighted by molar-refractivity contribution is 4.85. The van der Waals surface area contributed by atoms with E-state index in [1.807, 2.05) is 0 Å². The zero-order chi connectivity index (χ0) is 9.14. The van der Waals surface area contributed by atoms with Crippen molar-refractivity contribution < 1.29 is 0 Å². The molecule has 68 valence electrons. The van der Waals surface area contributed by atoms with E-state index < -0.39 is 0 Å². The Labute approximate surface area is 73.8 Å². The van der Waals surface area contributed by atoms with E-state index in [4.69, 9.17) is 5.53 Å². The SMILES string of the molecule is CC1C[C@H](C)C[C@@H](N=[N+]=[N-])[C@@H]1C. The standard InChI is InChI=1S/C9H17N3/c1-6-4-7(2)8(3)9(5-6)11-12-10/h6-9H,4-5H2,1-3H3/t6-,7?,8+,9+/m0/s1. The third-order valence-electron chi connectivity index (χ3n) is 3.12. The molecule has 0 aromatic heterocycles. The molecule has 0 bridgehead atoms. The molecule has 1 unspecified atom stereocenters. The fourth-order valence-electron chi connectivity index (χ4n) is 2.17. The second-order valence-corrected chi connectivity index (χ2v) is 4.19. The van der Waals surface area contributed by atoms with Crippen LogP contribution in [-0.2, 0) is 0 Å². The highest BCUT2D eigenvalue weighted by Crippen LogP contribution is 2.35. The van der Waals surface area contributed by atoms with E-state index in [0.29, 0.717) is 17.8 Å². The lowest BCUT2D eigenvalue weighted by Crippen LogP contribution is -2.30. The van der Waals surface area contributed by atoms with Crippen LogP contribution in [0, 0.1) is 17.8 Å². The summed E-state index contributed by atoms with van der Waals surface area (Å²) in [6.07, 6.45) is 2.34. The molecule has 0 N–H and O–H groups in total. The van der Waals surface area contributed by atoms with Crippen LogP contribution in [0.25, 0.3) is 10.4 Å². The topological polar surface area (TPSA) is 48.8 Å². The number of nitrogens with zero attached hydrogens (tertiary/aromatic N) is 3. The van der Waals surface area contributed by atoms with Gasteiger partial charge >= 0.3 is 0 Å². The second kappa shape index (κ2) is 3.81. The molecule has 1 aliphatic carbocycles. The highest BCUT2D eigenvalue weighted by atomic mass is 15.1. The van der Waals surface area contributed by atoms with Gasteiger partial charge in [-0.25, -0.2) is 0 Å². The first-order valence-electron chi connectivity index (χ1n) is 4.69. The molecule has 4 atom stereocenters. The van der Waals surface area contributed by atoms with Gasteiger partial charge in [-0.15, -0.1) is 0 Å². The maximum Gasteiger partial charge on any atom is 0.0404 e. The first kappa shape index (κ1) is 9.40. The zero-order valence-electron chi connectivity index (χ0n) is 8.07. The number of hydrogen-bond donors (Lipinski definition) is 0. The Bertz CT molecular complexity index is 196. The molecule has 0 aromatic rings. The Morgan fingerprint density at radius 3 is 2.50 bits per heavy atom. The second-order valence-electron chi connectivity index (χ2n) is 4.19. The molecule has 0 saturated heterocycles. The molecule has 0 radical (unpaired) electrons. The molecule has 0 amide bonds. The molecule has 1 aliphatic rings. The minimum Gasteiger partial charge on any atom is -0.0903 e. The summed E-state index contributed by atoms with van der Waals surface area (Å²) in [5.74, 6) is 1.97. The van der Waals surface area contributed by atoms with E-state index in [2.05, 4.69) is 30.8 Å². The summed E-state index contributed by atoms with van der Waals surface area (Å²) in [6, 6.07) is 0.230. The lowest BCUT2D eigenvalue weighted by atomic mass is 9.74. The van der Waals surface area contributed by atoms with Crippen molar-refractivity contribution in [2.45, 2.75) is 39.7 Å². The van der Waals surface area contributed by atoms with Crippen molar-refractivity contribution in [2.75, 3.05) is 0 Å². The van der Waals surface area contributed by atoms with Crippen molar-refractivity contribution in [3.8, 4) is 0 Å². The summed E-state index contributed by atoms with van der Waals surface area (Å²) in [5.41, 5.74) is 8.37. The predicted molar refractivity (Wildman–Crippen MR) is 49.7 cm³/mol. The van der Waals surface area contributed by atoms with Gasteiger partial charge in [0, 0.05) is 11.0 Å². The van der Waals surface area contributed by atoms with Crippen LogP contribution in [0.1, 0.15) is 33.6 Å². The Balaban J connectivity index is 2.65. The van der Waals surface area contributed by atoms with Crippen LogP contribution in [0.2, 0.25) is 0 Å². The molecular weight excluding hydrogens is 150 g/mol. The summed E-state index contributed by atoms with van der Waals surface area (Å²) in [5, 5.41) is 3.85. The summed E-state index contributed by atoms with van der Waals surface area (Å²) in [6.45, 7) is 6.68. The van der Waals surface area contributed by atoms with Gasteiger partial charge in [-0.1, -0.05) is 25.9 Å². The van der Waals surface area contributed by atoms with Crippen LogP contribution in [0.3, 0.4) is 0 Å². The van der Waals surface area contributed by atoms with Crippen molar-refractivity contribution in [1.82, 2.24) is 0 Å². The van der Waals surface area contributed by atoms with Crippen molar-refractivity contribution in [3.63, 3.8) is 0 Å². The average Bonchev–Trinajstić information content (AvgIpc) is 2.00. The van der Waals surface area contributed by atoms with Crippen LogP contribution < -0.4 is 0 Å². The largest absolute Gasteiger partial charge is 0.0903 e. The van der Waals surface area contributed by atoms with Gasteiger partial charge < -0.3 is 0 Å². The summed E-state index contributed by atoms with van der Waals surface area (Å²) in [7, 11) is 0. The van der Waals surface area contributed by atoms with E-state index in [1.54, 1.807) is 0 Å². The van der Waals surface area contributed by atoms with Crippen molar-refractivity contribution in [1.29, 1.82) is 0 Å². The Morgan fingerprint density at radius 1 is 1.25 bits per heavy atom. The fourth-order valence-corrected chi connectivity index (χ4v) is 2.17. The molecular formula is C9H17N3. The first-order chi connectivity index (χ1) is 5.65. The molecule has 3 nitrogen and oxygen atoms in total. The van der Waals surface area contributed by atoms with E-state index in [1.165, 1.54) is 6.42 Å². The molecule has 1 fully saturated rings. The summed E-state index contributed by atoms with van der Waals surface area (Å²) in [4.78, 5) is 2.90. The summed E-state index contributed by atoms with van der Waals surface area (Å²) >= 11 is 0. The van der Waals surface area contributed by atoms with Gasteiger partial charge in [-0.2, -0.15) is 0 Å². The fraction of sp³-hybridized carbons (Fsp3) is 1.00. The number of azide groups is 1. The van der Waals surface area contributed by atoms with Crippen LogP contribution in [-0.4, -0.2) is 6.04 Å².